The van der Waals surface area contributed by atoms with E-state index >= 15 is 0 Å². The zero-order chi connectivity index (χ0) is 12.1. The van der Waals surface area contributed by atoms with Crippen molar-refractivity contribution in [3.63, 3.8) is 0 Å². The van der Waals surface area contributed by atoms with Gasteiger partial charge in [0.25, 0.3) is 10.9 Å². The topological polar surface area (TPSA) is 49.4 Å². The first kappa shape index (κ1) is 13.5. The van der Waals surface area contributed by atoms with E-state index < -0.39 is 0 Å². The van der Waals surface area contributed by atoms with Gasteiger partial charge in [-0.3, -0.25) is 9.59 Å². The molecule has 0 spiro atoms. The van der Waals surface area contributed by atoms with Gasteiger partial charge < -0.3 is 10.2 Å². The number of nitrogens with one attached hydrogen (secondary N) is 1. The van der Waals surface area contributed by atoms with E-state index in [9.17, 15) is 9.59 Å². The summed E-state index contributed by atoms with van der Waals surface area (Å²) in [6, 6.07) is 0. The van der Waals surface area contributed by atoms with Crippen molar-refractivity contribution in [2.24, 2.45) is 0 Å². The van der Waals surface area contributed by atoms with Crippen molar-refractivity contribution < 1.29 is 0 Å². The molecule has 1 aromatic carbocycles. The van der Waals surface area contributed by atoms with Gasteiger partial charge in [-0.15, -0.1) is 0 Å². The second-order valence-corrected chi connectivity index (χ2v) is 4.81. The summed E-state index contributed by atoms with van der Waals surface area (Å²) in [6.07, 6.45) is 2.18. The largest absolute Gasteiger partial charge is 0.380 e. The van der Waals surface area contributed by atoms with Gasteiger partial charge in [0.1, 0.15) is 11.4 Å². The Morgan fingerprint density at radius 3 is 2.50 bits per heavy atom. The molecule has 4 nitrogen and oxygen atoms in total. The minimum absolute atomic E-state index is 0.354. The highest BCUT2D eigenvalue weighted by Crippen LogP contribution is 2.18. The molecule has 0 aliphatic carbocycles. The SMILES string of the molecule is CCNc1c(N(C)CCCCI)c(=O)c1=O. The molecule has 0 heterocycles. The van der Waals surface area contributed by atoms with Gasteiger partial charge in [-0.05, 0) is 24.2 Å². The first-order chi connectivity index (χ1) is 7.63. The summed E-state index contributed by atoms with van der Waals surface area (Å²) in [7, 11) is 1.87. The van der Waals surface area contributed by atoms with E-state index in [1.165, 1.54) is 0 Å². The van der Waals surface area contributed by atoms with E-state index in [1.807, 2.05) is 18.9 Å². The highest BCUT2D eigenvalue weighted by Gasteiger charge is 2.22. The van der Waals surface area contributed by atoms with Crippen LogP contribution in [0.2, 0.25) is 0 Å². The fourth-order valence-corrected chi connectivity index (χ4v) is 2.18. The lowest BCUT2D eigenvalue weighted by molar-refractivity contribution is 0.773. The van der Waals surface area contributed by atoms with Crippen molar-refractivity contribution in [1.29, 1.82) is 0 Å². The van der Waals surface area contributed by atoms with Crippen molar-refractivity contribution in [1.82, 2.24) is 0 Å². The third kappa shape index (κ3) is 2.75. The van der Waals surface area contributed by atoms with Crippen molar-refractivity contribution >= 4 is 34.0 Å². The smallest absolute Gasteiger partial charge is 0.253 e. The standard InChI is InChI=1S/C11H17IN2O2/c1-3-13-8-9(11(16)10(8)15)14(2)7-5-4-6-12/h13H,3-7H2,1-2H3. The van der Waals surface area contributed by atoms with Crippen LogP contribution in [0.5, 0.6) is 0 Å². The Labute approximate surface area is 109 Å². The summed E-state index contributed by atoms with van der Waals surface area (Å²) in [5.41, 5.74) is 0.315. The van der Waals surface area contributed by atoms with E-state index in [0.29, 0.717) is 17.9 Å². The van der Waals surface area contributed by atoms with E-state index in [-0.39, 0.29) is 10.9 Å². The maximum atomic E-state index is 11.4. The maximum Gasteiger partial charge on any atom is 0.253 e. The molecule has 90 valence electrons. The maximum absolute atomic E-state index is 11.4. The Balaban J connectivity index is 2.68. The van der Waals surface area contributed by atoms with Gasteiger partial charge in [0.05, 0.1) is 0 Å². The summed E-state index contributed by atoms with van der Waals surface area (Å²) in [5, 5.41) is 2.95. The second-order valence-electron chi connectivity index (χ2n) is 3.73. The van der Waals surface area contributed by atoms with Crippen LogP contribution in [0.4, 0.5) is 11.4 Å². The Morgan fingerprint density at radius 1 is 1.25 bits per heavy atom. The number of anilines is 2. The zero-order valence-electron chi connectivity index (χ0n) is 9.68. The van der Waals surface area contributed by atoms with Crippen LogP contribution in [-0.2, 0) is 0 Å². The van der Waals surface area contributed by atoms with Crippen molar-refractivity contribution in [3.8, 4) is 0 Å². The monoisotopic (exact) mass is 336 g/mol. The van der Waals surface area contributed by atoms with E-state index in [0.717, 1.165) is 23.8 Å². The van der Waals surface area contributed by atoms with Gasteiger partial charge in [-0.1, -0.05) is 22.6 Å². The van der Waals surface area contributed by atoms with Crippen LogP contribution in [0, 0.1) is 0 Å². The molecule has 1 aromatic rings. The first-order valence-corrected chi connectivity index (χ1v) is 7.00. The van der Waals surface area contributed by atoms with Gasteiger partial charge in [0, 0.05) is 20.1 Å². The Morgan fingerprint density at radius 2 is 1.94 bits per heavy atom. The third-order valence-corrected chi connectivity index (χ3v) is 3.26. The molecular formula is C11H17IN2O2. The highest BCUT2D eigenvalue weighted by molar-refractivity contribution is 14.1. The van der Waals surface area contributed by atoms with Crippen molar-refractivity contribution in [3.05, 3.63) is 20.4 Å². The Kier molecular flexibility index (Phi) is 5.24. The van der Waals surface area contributed by atoms with Gasteiger partial charge in [-0.25, -0.2) is 0 Å². The predicted molar refractivity (Wildman–Crippen MR) is 76.9 cm³/mol. The van der Waals surface area contributed by atoms with Gasteiger partial charge in [0.15, 0.2) is 0 Å². The molecule has 0 unspecified atom stereocenters. The molecule has 0 saturated heterocycles. The van der Waals surface area contributed by atoms with Crippen LogP contribution in [-0.4, -0.2) is 24.6 Å². The van der Waals surface area contributed by atoms with Crippen molar-refractivity contribution in [2.45, 2.75) is 19.8 Å². The minimum atomic E-state index is -0.377. The molecule has 5 heteroatoms. The quantitative estimate of drug-likeness (QED) is 0.354. The summed E-state index contributed by atoms with van der Waals surface area (Å²) >= 11 is 2.34. The molecule has 0 bridgehead atoms. The molecule has 0 amide bonds. The molecule has 0 saturated carbocycles. The average Bonchev–Trinajstić information content (AvgIpc) is 2.28. The molecule has 0 aromatic heterocycles. The summed E-state index contributed by atoms with van der Waals surface area (Å²) in [5.74, 6) is 0. The van der Waals surface area contributed by atoms with Crippen molar-refractivity contribution in [2.75, 3.05) is 34.8 Å². The van der Waals surface area contributed by atoms with Crippen LogP contribution in [0.25, 0.3) is 0 Å². The van der Waals surface area contributed by atoms with Gasteiger partial charge in [-0.2, -0.15) is 0 Å². The molecule has 1 rings (SSSR count). The summed E-state index contributed by atoms with van der Waals surface area (Å²) < 4.78 is 1.12. The summed E-state index contributed by atoms with van der Waals surface area (Å²) in [4.78, 5) is 24.6. The summed E-state index contributed by atoms with van der Waals surface area (Å²) in [6.45, 7) is 3.41. The van der Waals surface area contributed by atoms with Gasteiger partial charge >= 0.3 is 0 Å². The molecule has 0 aliphatic rings. The minimum Gasteiger partial charge on any atom is -0.380 e. The highest BCUT2D eigenvalue weighted by atomic mass is 127. The number of hydrogen-bond donors (Lipinski definition) is 1. The number of nitrogens with zero attached hydrogens (tertiary/aromatic N) is 1. The third-order valence-electron chi connectivity index (χ3n) is 2.50. The molecule has 1 N–H and O–H groups in total. The van der Waals surface area contributed by atoms with E-state index in [2.05, 4.69) is 27.9 Å². The van der Waals surface area contributed by atoms with Crippen LogP contribution in [0.3, 0.4) is 0 Å². The molecule has 16 heavy (non-hydrogen) atoms. The lowest BCUT2D eigenvalue weighted by Gasteiger charge is -2.23. The lowest BCUT2D eigenvalue weighted by Crippen LogP contribution is -2.41. The number of rotatable bonds is 7. The van der Waals surface area contributed by atoms with Gasteiger partial charge in [0.2, 0.25) is 0 Å². The zero-order valence-corrected chi connectivity index (χ0v) is 11.8. The lowest BCUT2D eigenvalue weighted by atomic mass is 10.1. The van der Waals surface area contributed by atoms with Crippen LogP contribution < -0.4 is 21.1 Å². The van der Waals surface area contributed by atoms with E-state index in [1.54, 1.807) is 0 Å². The molecular weight excluding hydrogens is 319 g/mol. The van der Waals surface area contributed by atoms with Crippen LogP contribution >= 0.6 is 22.6 Å². The Hall–Kier alpha value is -0.590. The fourth-order valence-electron chi connectivity index (χ4n) is 1.64. The second kappa shape index (κ2) is 6.22. The molecule has 0 atom stereocenters. The number of alkyl halides is 1. The van der Waals surface area contributed by atoms with Crippen LogP contribution in [0.1, 0.15) is 19.8 Å². The van der Waals surface area contributed by atoms with E-state index in [4.69, 9.17) is 0 Å². The molecule has 0 fully saturated rings. The number of hydrogen-bond acceptors (Lipinski definition) is 4. The molecule has 0 radical (unpaired) electrons. The molecule has 0 aliphatic heterocycles. The fraction of sp³-hybridized carbons (Fsp3) is 0.636. The number of unbranched alkanes of at least 4 members (excludes halogenated alkanes) is 1. The normalized spacial score (nSPS) is 10.7. The predicted octanol–water partition coefficient (Wildman–Crippen LogP) is 1.37. The number of halogens is 1. The first-order valence-electron chi connectivity index (χ1n) is 5.47. The van der Waals surface area contributed by atoms with Crippen LogP contribution in [0.15, 0.2) is 9.59 Å². The average molecular weight is 336 g/mol. The Bertz CT molecular complexity index is 410.